The second-order valence-corrected chi connectivity index (χ2v) is 5.19. The van der Waals surface area contributed by atoms with Crippen LogP contribution in [0.2, 0.25) is 0 Å². The van der Waals surface area contributed by atoms with Crippen LogP contribution in [0.15, 0.2) is 0 Å². The lowest BCUT2D eigenvalue weighted by molar-refractivity contribution is -0.143. The monoisotopic (exact) mass is 257 g/mol. The molecule has 0 atom stereocenters. The second kappa shape index (κ2) is 6.04. The molecule has 1 aliphatic rings. The van der Waals surface area contributed by atoms with Crippen LogP contribution in [0.25, 0.3) is 0 Å². The first-order valence-electron chi connectivity index (χ1n) is 6.39. The number of hydrogen-bond acceptors (Lipinski definition) is 3. The summed E-state index contributed by atoms with van der Waals surface area (Å²) in [7, 11) is 0. The van der Waals surface area contributed by atoms with Crippen molar-refractivity contribution in [3.8, 4) is 0 Å². The van der Waals surface area contributed by atoms with Crippen molar-refractivity contribution in [2.45, 2.75) is 32.7 Å². The number of piperazine rings is 1. The third kappa shape index (κ3) is 3.87. The number of nitrogens with one attached hydrogen (secondary N) is 1. The highest BCUT2D eigenvalue weighted by Crippen LogP contribution is 2.07. The first-order chi connectivity index (χ1) is 8.36. The smallest absolute Gasteiger partial charge is 0.328 e. The van der Waals surface area contributed by atoms with Crippen molar-refractivity contribution in [1.29, 1.82) is 0 Å². The summed E-state index contributed by atoms with van der Waals surface area (Å²) in [4.78, 5) is 26.8. The number of carboxylic acid groups (broad SMARTS) is 1. The average Bonchev–Trinajstić information content (AvgIpc) is 2.29. The van der Waals surface area contributed by atoms with Gasteiger partial charge in [-0.05, 0) is 26.8 Å². The largest absolute Gasteiger partial charge is 0.480 e. The zero-order chi connectivity index (χ0) is 13.8. The number of carbonyl (C=O) groups excluding carboxylic acids is 1. The first kappa shape index (κ1) is 14.8. The number of nitrogens with zero attached hydrogens (tertiary/aromatic N) is 2. The van der Waals surface area contributed by atoms with Gasteiger partial charge in [-0.2, -0.15) is 0 Å². The molecule has 2 N–H and O–H groups in total. The summed E-state index contributed by atoms with van der Waals surface area (Å²) >= 11 is 0. The predicted molar refractivity (Wildman–Crippen MR) is 68.6 cm³/mol. The predicted octanol–water partition coefficient (Wildman–Crippen LogP) is 0.587. The van der Waals surface area contributed by atoms with E-state index in [4.69, 9.17) is 5.11 Å². The van der Waals surface area contributed by atoms with E-state index in [0.717, 1.165) is 26.1 Å². The van der Waals surface area contributed by atoms with E-state index in [9.17, 15) is 9.59 Å². The van der Waals surface area contributed by atoms with Gasteiger partial charge in [-0.15, -0.1) is 0 Å². The fourth-order valence-corrected chi connectivity index (χ4v) is 1.89. The van der Waals surface area contributed by atoms with Crippen LogP contribution in [0.4, 0.5) is 4.79 Å². The van der Waals surface area contributed by atoms with Crippen LogP contribution in [0.1, 0.15) is 27.2 Å². The molecule has 1 aliphatic heterocycles. The molecule has 0 unspecified atom stereocenters. The Morgan fingerprint density at radius 1 is 1.22 bits per heavy atom. The quantitative estimate of drug-likeness (QED) is 0.773. The highest BCUT2D eigenvalue weighted by molar-refractivity contribution is 5.85. The molecule has 2 amide bonds. The molecule has 0 aromatic rings. The minimum atomic E-state index is -1.22. The van der Waals surface area contributed by atoms with Crippen LogP contribution in [-0.4, -0.2) is 65.2 Å². The van der Waals surface area contributed by atoms with E-state index in [-0.39, 0.29) is 6.03 Å². The Hall–Kier alpha value is -1.30. The second-order valence-electron chi connectivity index (χ2n) is 5.19. The molecule has 1 heterocycles. The van der Waals surface area contributed by atoms with Crippen molar-refractivity contribution in [3.05, 3.63) is 0 Å². The van der Waals surface area contributed by atoms with Gasteiger partial charge in [-0.3, -0.25) is 4.90 Å². The number of carbonyl (C=O) groups is 2. The number of carboxylic acids is 1. The van der Waals surface area contributed by atoms with Crippen molar-refractivity contribution in [2.75, 3.05) is 32.7 Å². The van der Waals surface area contributed by atoms with Crippen LogP contribution in [0.5, 0.6) is 0 Å². The fraction of sp³-hybridized carbons (Fsp3) is 0.833. The molecule has 0 radical (unpaired) electrons. The maximum Gasteiger partial charge on any atom is 0.328 e. The Labute approximate surface area is 108 Å². The molecule has 18 heavy (non-hydrogen) atoms. The van der Waals surface area contributed by atoms with Gasteiger partial charge >= 0.3 is 12.0 Å². The molecular formula is C12H23N3O3. The highest BCUT2D eigenvalue weighted by Gasteiger charge is 2.31. The lowest BCUT2D eigenvalue weighted by atomic mass is 10.1. The van der Waals surface area contributed by atoms with Crippen molar-refractivity contribution >= 4 is 12.0 Å². The van der Waals surface area contributed by atoms with Gasteiger partial charge in [-0.1, -0.05) is 6.92 Å². The molecule has 0 bridgehead atoms. The Morgan fingerprint density at radius 2 is 1.78 bits per heavy atom. The van der Waals surface area contributed by atoms with Crippen molar-refractivity contribution in [3.63, 3.8) is 0 Å². The van der Waals surface area contributed by atoms with Gasteiger partial charge in [0.1, 0.15) is 5.54 Å². The Balaban J connectivity index is 2.43. The average molecular weight is 257 g/mol. The Morgan fingerprint density at radius 3 is 2.22 bits per heavy atom. The van der Waals surface area contributed by atoms with Crippen LogP contribution >= 0.6 is 0 Å². The topological polar surface area (TPSA) is 72.9 Å². The van der Waals surface area contributed by atoms with E-state index < -0.39 is 11.5 Å². The molecular weight excluding hydrogens is 234 g/mol. The number of aliphatic carboxylic acids is 1. The normalized spacial score (nSPS) is 17.6. The van der Waals surface area contributed by atoms with Gasteiger partial charge < -0.3 is 15.3 Å². The van der Waals surface area contributed by atoms with Gasteiger partial charge in [0.15, 0.2) is 0 Å². The fourth-order valence-electron chi connectivity index (χ4n) is 1.89. The summed E-state index contributed by atoms with van der Waals surface area (Å²) in [6.45, 7) is 9.18. The van der Waals surface area contributed by atoms with Gasteiger partial charge in [-0.25, -0.2) is 9.59 Å². The number of hydrogen-bond donors (Lipinski definition) is 2. The molecule has 1 fully saturated rings. The van der Waals surface area contributed by atoms with E-state index >= 15 is 0 Å². The highest BCUT2D eigenvalue weighted by atomic mass is 16.4. The van der Waals surface area contributed by atoms with Crippen molar-refractivity contribution in [1.82, 2.24) is 15.1 Å². The van der Waals surface area contributed by atoms with E-state index in [2.05, 4.69) is 17.1 Å². The van der Waals surface area contributed by atoms with Crippen molar-refractivity contribution < 1.29 is 14.7 Å². The number of amides is 2. The molecule has 104 valence electrons. The third-order valence-electron chi connectivity index (χ3n) is 3.15. The summed E-state index contributed by atoms with van der Waals surface area (Å²) in [6, 6.07) is -0.293. The molecule has 6 heteroatoms. The van der Waals surface area contributed by atoms with Crippen LogP contribution in [-0.2, 0) is 4.79 Å². The summed E-state index contributed by atoms with van der Waals surface area (Å²) < 4.78 is 0. The van der Waals surface area contributed by atoms with Gasteiger partial charge in [0.2, 0.25) is 0 Å². The zero-order valence-electron chi connectivity index (χ0n) is 11.4. The van der Waals surface area contributed by atoms with Crippen LogP contribution < -0.4 is 5.32 Å². The Kier molecular flexibility index (Phi) is 4.95. The molecule has 0 aliphatic carbocycles. The van der Waals surface area contributed by atoms with Gasteiger partial charge in [0.05, 0.1) is 0 Å². The van der Waals surface area contributed by atoms with Crippen molar-refractivity contribution in [2.24, 2.45) is 0 Å². The van der Waals surface area contributed by atoms with E-state index in [1.807, 2.05) is 0 Å². The molecule has 0 aromatic heterocycles. The number of rotatable bonds is 4. The lowest BCUT2D eigenvalue weighted by Crippen LogP contribution is -2.58. The maximum absolute atomic E-state index is 11.9. The molecule has 6 nitrogen and oxygen atoms in total. The van der Waals surface area contributed by atoms with E-state index in [1.54, 1.807) is 4.90 Å². The van der Waals surface area contributed by atoms with E-state index in [1.165, 1.54) is 13.8 Å². The summed E-state index contributed by atoms with van der Waals surface area (Å²) in [5.74, 6) is -1.03. The van der Waals surface area contributed by atoms with E-state index in [0.29, 0.717) is 13.1 Å². The summed E-state index contributed by atoms with van der Waals surface area (Å²) in [5.41, 5.74) is -1.22. The summed E-state index contributed by atoms with van der Waals surface area (Å²) in [5, 5.41) is 11.5. The third-order valence-corrected chi connectivity index (χ3v) is 3.15. The molecule has 1 rings (SSSR count). The Bertz CT molecular complexity index is 310. The molecule has 0 spiro atoms. The van der Waals surface area contributed by atoms with Crippen LogP contribution in [0.3, 0.4) is 0 Å². The van der Waals surface area contributed by atoms with Gasteiger partial charge in [0.25, 0.3) is 0 Å². The number of urea groups is 1. The van der Waals surface area contributed by atoms with Gasteiger partial charge in [0, 0.05) is 26.2 Å². The zero-order valence-corrected chi connectivity index (χ0v) is 11.4. The SMILES string of the molecule is CCCN1CCN(C(=O)NC(C)(C)C(=O)O)CC1. The van der Waals surface area contributed by atoms with Crippen LogP contribution in [0, 0.1) is 0 Å². The molecule has 1 saturated heterocycles. The minimum Gasteiger partial charge on any atom is -0.480 e. The minimum absolute atomic E-state index is 0.293. The molecule has 0 saturated carbocycles. The standard InChI is InChI=1S/C12H23N3O3/c1-4-5-14-6-8-15(9-7-14)11(18)13-12(2,3)10(16)17/h4-9H2,1-3H3,(H,13,18)(H,16,17). The molecule has 0 aromatic carbocycles. The maximum atomic E-state index is 11.9. The summed E-state index contributed by atoms with van der Waals surface area (Å²) in [6.07, 6.45) is 1.11. The lowest BCUT2D eigenvalue weighted by Gasteiger charge is -2.36. The first-order valence-corrected chi connectivity index (χ1v) is 6.39.